The van der Waals surface area contributed by atoms with Crippen LogP contribution in [-0.4, -0.2) is 15.7 Å². The number of nitrogens with two attached hydrogens (primary N) is 2. The average molecular weight is 237 g/mol. The summed E-state index contributed by atoms with van der Waals surface area (Å²) in [6.45, 7) is 0. The number of hydrogen-bond acceptors (Lipinski definition) is 3. The Morgan fingerprint density at radius 3 is 2.75 bits per heavy atom. The maximum absolute atomic E-state index is 11.2. The van der Waals surface area contributed by atoms with Crippen LogP contribution in [0.5, 0.6) is 0 Å². The van der Waals surface area contributed by atoms with Crippen LogP contribution in [0, 0.1) is 0 Å². The Bertz CT molecular complexity index is 550. The summed E-state index contributed by atoms with van der Waals surface area (Å²) in [6.07, 6.45) is 3.01. The summed E-state index contributed by atoms with van der Waals surface area (Å²) < 4.78 is 1.43. The molecule has 0 saturated carbocycles. The minimum Gasteiger partial charge on any atom is -0.397 e. The van der Waals surface area contributed by atoms with Crippen LogP contribution in [0.1, 0.15) is 10.4 Å². The van der Waals surface area contributed by atoms with Gasteiger partial charge in [-0.25, -0.2) is 4.68 Å². The zero-order chi connectivity index (χ0) is 11.7. The molecule has 0 atom stereocenters. The van der Waals surface area contributed by atoms with Crippen molar-refractivity contribution >= 4 is 23.2 Å². The number of carbonyl (C=O) groups excluding carboxylic acids is 1. The molecule has 2 rings (SSSR count). The molecule has 1 aromatic heterocycles. The summed E-state index contributed by atoms with van der Waals surface area (Å²) in [5.41, 5.74) is 12.2. The Morgan fingerprint density at radius 1 is 1.44 bits per heavy atom. The van der Waals surface area contributed by atoms with Crippen molar-refractivity contribution in [3.8, 4) is 5.69 Å². The molecule has 1 aromatic carbocycles. The third kappa shape index (κ3) is 1.72. The van der Waals surface area contributed by atoms with Gasteiger partial charge >= 0.3 is 0 Å². The fourth-order valence-corrected chi connectivity index (χ4v) is 1.58. The second-order valence-corrected chi connectivity index (χ2v) is 3.65. The zero-order valence-corrected chi connectivity index (χ0v) is 8.98. The minimum absolute atomic E-state index is 0.305. The van der Waals surface area contributed by atoms with E-state index < -0.39 is 5.91 Å². The largest absolute Gasteiger partial charge is 0.397 e. The number of nitrogens with zero attached hydrogens (tertiary/aromatic N) is 2. The van der Waals surface area contributed by atoms with Crippen molar-refractivity contribution in [3.63, 3.8) is 0 Å². The van der Waals surface area contributed by atoms with Gasteiger partial charge in [-0.3, -0.25) is 4.79 Å². The first-order valence-electron chi connectivity index (χ1n) is 4.48. The van der Waals surface area contributed by atoms with E-state index in [9.17, 15) is 4.79 Å². The molecule has 0 fully saturated rings. The topological polar surface area (TPSA) is 86.9 Å². The SMILES string of the molecule is NC(=O)c1cccc(N)c1-n1cc(Cl)cn1. The van der Waals surface area contributed by atoms with E-state index in [-0.39, 0.29) is 0 Å². The first kappa shape index (κ1) is 10.5. The number of amides is 1. The van der Waals surface area contributed by atoms with Crippen LogP contribution in [0.25, 0.3) is 5.69 Å². The summed E-state index contributed by atoms with van der Waals surface area (Å²) in [4.78, 5) is 11.2. The first-order chi connectivity index (χ1) is 7.59. The standard InChI is InChI=1S/C10H9ClN4O/c11-6-4-14-15(5-6)9-7(10(13)16)2-1-3-8(9)12/h1-5H,12H2,(H2,13,16). The maximum atomic E-state index is 11.2. The van der Waals surface area contributed by atoms with E-state index in [0.29, 0.717) is 22.0 Å². The van der Waals surface area contributed by atoms with Gasteiger partial charge in [0.15, 0.2) is 0 Å². The van der Waals surface area contributed by atoms with Gasteiger partial charge in [-0.2, -0.15) is 5.10 Å². The number of hydrogen-bond donors (Lipinski definition) is 2. The number of benzene rings is 1. The highest BCUT2D eigenvalue weighted by molar-refractivity contribution is 6.30. The maximum Gasteiger partial charge on any atom is 0.250 e. The van der Waals surface area contributed by atoms with Crippen molar-refractivity contribution in [1.82, 2.24) is 9.78 Å². The number of halogens is 1. The number of primary amides is 1. The lowest BCUT2D eigenvalue weighted by molar-refractivity contribution is 0.1000. The Labute approximate surface area is 96.6 Å². The molecule has 82 valence electrons. The normalized spacial score (nSPS) is 10.3. The molecule has 0 aliphatic carbocycles. The Balaban J connectivity index is 2.67. The minimum atomic E-state index is -0.561. The number of para-hydroxylation sites is 1. The molecule has 0 radical (unpaired) electrons. The Morgan fingerprint density at radius 2 is 2.19 bits per heavy atom. The van der Waals surface area contributed by atoms with E-state index in [1.54, 1.807) is 24.4 Å². The van der Waals surface area contributed by atoms with Gasteiger partial charge in [-0.1, -0.05) is 17.7 Å². The molecule has 0 aliphatic rings. The Hall–Kier alpha value is -2.01. The predicted octanol–water partition coefficient (Wildman–Crippen LogP) is 1.21. The second-order valence-electron chi connectivity index (χ2n) is 3.21. The molecule has 0 unspecified atom stereocenters. The van der Waals surface area contributed by atoms with Crippen LogP contribution in [0.4, 0.5) is 5.69 Å². The fourth-order valence-electron chi connectivity index (χ4n) is 1.44. The van der Waals surface area contributed by atoms with Crippen LogP contribution >= 0.6 is 11.6 Å². The van der Waals surface area contributed by atoms with Gasteiger partial charge in [0, 0.05) is 6.20 Å². The summed E-state index contributed by atoms with van der Waals surface area (Å²) in [5, 5.41) is 4.44. The molecule has 1 amide bonds. The van der Waals surface area contributed by atoms with E-state index >= 15 is 0 Å². The summed E-state index contributed by atoms with van der Waals surface area (Å²) in [7, 11) is 0. The van der Waals surface area contributed by atoms with Crippen LogP contribution in [0.3, 0.4) is 0 Å². The zero-order valence-electron chi connectivity index (χ0n) is 8.22. The average Bonchev–Trinajstić information content (AvgIpc) is 2.64. The third-order valence-electron chi connectivity index (χ3n) is 2.11. The highest BCUT2D eigenvalue weighted by Gasteiger charge is 2.13. The number of nitrogen functional groups attached to an aromatic ring is 1. The third-order valence-corrected chi connectivity index (χ3v) is 2.31. The van der Waals surface area contributed by atoms with Gasteiger partial charge in [0.1, 0.15) is 5.69 Å². The quantitative estimate of drug-likeness (QED) is 0.769. The smallest absolute Gasteiger partial charge is 0.250 e. The number of rotatable bonds is 2. The molecule has 4 N–H and O–H groups in total. The summed E-state index contributed by atoms with van der Waals surface area (Å²) in [5.74, 6) is -0.561. The molecule has 1 heterocycles. The van der Waals surface area contributed by atoms with Crippen LogP contribution in [-0.2, 0) is 0 Å². The molecule has 5 nitrogen and oxygen atoms in total. The lowest BCUT2D eigenvalue weighted by atomic mass is 10.1. The summed E-state index contributed by atoms with van der Waals surface area (Å²) in [6, 6.07) is 4.91. The van der Waals surface area contributed by atoms with Crippen molar-refractivity contribution in [1.29, 1.82) is 0 Å². The van der Waals surface area contributed by atoms with Gasteiger partial charge in [0.2, 0.25) is 0 Å². The van der Waals surface area contributed by atoms with Crippen molar-refractivity contribution < 1.29 is 4.79 Å². The van der Waals surface area contributed by atoms with E-state index in [1.807, 2.05) is 0 Å². The fraction of sp³-hybridized carbons (Fsp3) is 0. The van der Waals surface area contributed by atoms with Crippen molar-refractivity contribution in [2.24, 2.45) is 5.73 Å². The van der Waals surface area contributed by atoms with Crippen LogP contribution < -0.4 is 11.5 Å². The molecular weight excluding hydrogens is 228 g/mol. The molecule has 0 bridgehead atoms. The van der Waals surface area contributed by atoms with E-state index in [4.69, 9.17) is 23.1 Å². The van der Waals surface area contributed by atoms with Gasteiger partial charge < -0.3 is 11.5 Å². The lowest BCUT2D eigenvalue weighted by Crippen LogP contribution is -2.16. The van der Waals surface area contributed by atoms with Gasteiger partial charge in [-0.05, 0) is 12.1 Å². The van der Waals surface area contributed by atoms with Crippen molar-refractivity contribution in [2.75, 3.05) is 5.73 Å². The lowest BCUT2D eigenvalue weighted by Gasteiger charge is -2.09. The first-order valence-corrected chi connectivity index (χ1v) is 4.86. The van der Waals surface area contributed by atoms with Gasteiger partial charge in [-0.15, -0.1) is 0 Å². The van der Waals surface area contributed by atoms with E-state index in [1.165, 1.54) is 10.9 Å². The van der Waals surface area contributed by atoms with Gasteiger partial charge in [0.05, 0.1) is 22.5 Å². The number of aromatic nitrogens is 2. The molecule has 16 heavy (non-hydrogen) atoms. The van der Waals surface area contributed by atoms with Crippen molar-refractivity contribution in [3.05, 3.63) is 41.2 Å². The van der Waals surface area contributed by atoms with E-state index in [2.05, 4.69) is 5.10 Å². The monoisotopic (exact) mass is 236 g/mol. The van der Waals surface area contributed by atoms with E-state index in [0.717, 1.165) is 0 Å². The molecular formula is C10H9ClN4O. The molecule has 2 aromatic rings. The number of anilines is 1. The number of carbonyl (C=O) groups is 1. The van der Waals surface area contributed by atoms with Crippen molar-refractivity contribution in [2.45, 2.75) is 0 Å². The van der Waals surface area contributed by atoms with Crippen LogP contribution in [0.15, 0.2) is 30.6 Å². The highest BCUT2D eigenvalue weighted by atomic mass is 35.5. The molecule has 0 saturated heterocycles. The summed E-state index contributed by atoms with van der Waals surface area (Å²) >= 11 is 5.75. The molecule has 0 spiro atoms. The second kappa shape index (κ2) is 3.86. The highest BCUT2D eigenvalue weighted by Crippen LogP contribution is 2.22. The molecule has 6 heteroatoms. The van der Waals surface area contributed by atoms with Gasteiger partial charge in [0.25, 0.3) is 5.91 Å². The van der Waals surface area contributed by atoms with Crippen LogP contribution in [0.2, 0.25) is 5.02 Å². The predicted molar refractivity (Wildman–Crippen MR) is 61.5 cm³/mol. The molecule has 0 aliphatic heterocycles. The Kier molecular flexibility index (Phi) is 2.54.